The maximum Gasteiger partial charge on any atom is 0.255 e. The first kappa shape index (κ1) is 16.0. The number of ether oxygens (including phenoxy) is 2. The Bertz CT molecular complexity index is 1100. The molecule has 0 spiro atoms. The van der Waals surface area contributed by atoms with Crippen molar-refractivity contribution < 1.29 is 18.7 Å². The van der Waals surface area contributed by atoms with Crippen molar-refractivity contribution in [3.05, 3.63) is 66.2 Å². The van der Waals surface area contributed by atoms with E-state index in [0.717, 1.165) is 16.4 Å². The molecular weight excluding hydrogens is 330 g/mol. The summed E-state index contributed by atoms with van der Waals surface area (Å²) in [6.07, 6.45) is 0. The van der Waals surface area contributed by atoms with Gasteiger partial charge in [-0.1, -0.05) is 18.2 Å². The van der Waals surface area contributed by atoms with E-state index in [-0.39, 0.29) is 5.91 Å². The van der Waals surface area contributed by atoms with Crippen LogP contribution in [0, 0.1) is 0 Å². The van der Waals surface area contributed by atoms with E-state index in [2.05, 4.69) is 5.32 Å². The average Bonchev–Trinajstić information content (AvgIpc) is 3.04. The van der Waals surface area contributed by atoms with E-state index in [1.165, 1.54) is 0 Å². The number of amides is 1. The van der Waals surface area contributed by atoms with Crippen molar-refractivity contribution in [1.82, 2.24) is 0 Å². The van der Waals surface area contributed by atoms with E-state index < -0.39 is 0 Å². The van der Waals surface area contributed by atoms with Gasteiger partial charge >= 0.3 is 0 Å². The van der Waals surface area contributed by atoms with Gasteiger partial charge in [0.05, 0.1) is 19.9 Å². The highest BCUT2D eigenvalue weighted by Crippen LogP contribution is 2.36. The number of hydrogen-bond acceptors (Lipinski definition) is 4. The average molecular weight is 347 g/mol. The maximum absolute atomic E-state index is 12.6. The number of nitrogens with one attached hydrogen (secondary N) is 1. The summed E-state index contributed by atoms with van der Waals surface area (Å²) >= 11 is 0. The summed E-state index contributed by atoms with van der Waals surface area (Å²) in [6.45, 7) is 0. The molecule has 1 aromatic heterocycles. The highest BCUT2D eigenvalue weighted by atomic mass is 16.5. The van der Waals surface area contributed by atoms with Gasteiger partial charge in [-0.2, -0.15) is 0 Å². The summed E-state index contributed by atoms with van der Waals surface area (Å²) in [5, 5.41) is 4.84. The number of rotatable bonds is 4. The number of carbonyl (C=O) groups is 1. The zero-order valence-electron chi connectivity index (χ0n) is 14.4. The predicted molar refractivity (Wildman–Crippen MR) is 101 cm³/mol. The Morgan fingerprint density at radius 1 is 0.885 bits per heavy atom. The van der Waals surface area contributed by atoms with Gasteiger partial charge in [-0.3, -0.25) is 4.79 Å². The summed E-state index contributed by atoms with van der Waals surface area (Å²) in [5.74, 6) is 1.04. The van der Waals surface area contributed by atoms with E-state index in [9.17, 15) is 4.79 Å². The molecule has 0 aliphatic carbocycles. The number of carbonyl (C=O) groups excluding carboxylic acids is 1. The Hall–Kier alpha value is -3.47. The fourth-order valence-electron chi connectivity index (χ4n) is 2.95. The zero-order valence-corrected chi connectivity index (χ0v) is 14.4. The van der Waals surface area contributed by atoms with Crippen LogP contribution in [0.2, 0.25) is 0 Å². The first-order valence-electron chi connectivity index (χ1n) is 8.14. The molecule has 0 saturated carbocycles. The van der Waals surface area contributed by atoms with Crippen molar-refractivity contribution in [1.29, 1.82) is 0 Å². The van der Waals surface area contributed by atoms with Crippen molar-refractivity contribution in [3.63, 3.8) is 0 Å². The molecule has 0 aliphatic rings. The van der Waals surface area contributed by atoms with Gasteiger partial charge in [0.25, 0.3) is 5.91 Å². The molecule has 4 aromatic rings. The normalized spacial score (nSPS) is 10.8. The lowest BCUT2D eigenvalue weighted by Crippen LogP contribution is -2.12. The number of benzene rings is 3. The third kappa shape index (κ3) is 2.73. The quantitative estimate of drug-likeness (QED) is 0.573. The zero-order chi connectivity index (χ0) is 18.1. The number of anilines is 1. The van der Waals surface area contributed by atoms with Crippen molar-refractivity contribution in [3.8, 4) is 11.5 Å². The van der Waals surface area contributed by atoms with Gasteiger partial charge in [-0.15, -0.1) is 0 Å². The first-order chi connectivity index (χ1) is 12.7. The summed E-state index contributed by atoms with van der Waals surface area (Å²) < 4.78 is 16.5. The molecule has 0 atom stereocenters. The minimum absolute atomic E-state index is 0.235. The number of methoxy groups -OCH3 is 2. The molecular formula is C21H17NO4. The molecule has 5 heteroatoms. The fraction of sp³-hybridized carbons (Fsp3) is 0.0952. The molecule has 0 bridgehead atoms. The molecule has 26 heavy (non-hydrogen) atoms. The third-order valence-corrected chi connectivity index (χ3v) is 4.30. The van der Waals surface area contributed by atoms with Gasteiger partial charge in [0.15, 0.2) is 0 Å². The van der Waals surface area contributed by atoms with Crippen LogP contribution in [0.5, 0.6) is 11.5 Å². The lowest BCUT2D eigenvalue weighted by atomic mass is 10.1. The number of para-hydroxylation sites is 1. The fourth-order valence-corrected chi connectivity index (χ4v) is 2.95. The smallest absolute Gasteiger partial charge is 0.255 e. The summed E-state index contributed by atoms with van der Waals surface area (Å²) in [5.41, 5.74) is 2.57. The second kappa shape index (κ2) is 6.44. The van der Waals surface area contributed by atoms with E-state index in [1.807, 2.05) is 30.3 Å². The Kier molecular flexibility index (Phi) is 3.97. The second-order valence-electron chi connectivity index (χ2n) is 5.83. The van der Waals surface area contributed by atoms with Crippen LogP contribution in [0.25, 0.3) is 21.9 Å². The van der Waals surface area contributed by atoms with Crippen molar-refractivity contribution in [2.24, 2.45) is 0 Å². The van der Waals surface area contributed by atoms with Gasteiger partial charge in [0, 0.05) is 22.4 Å². The number of fused-ring (bicyclic) bond motifs is 3. The van der Waals surface area contributed by atoms with Crippen LogP contribution in [-0.4, -0.2) is 20.1 Å². The summed E-state index contributed by atoms with van der Waals surface area (Å²) in [7, 11) is 3.16. The molecule has 0 fully saturated rings. The highest BCUT2D eigenvalue weighted by Gasteiger charge is 2.15. The van der Waals surface area contributed by atoms with Crippen LogP contribution < -0.4 is 14.8 Å². The lowest BCUT2D eigenvalue weighted by Gasteiger charge is -2.10. The monoisotopic (exact) mass is 347 g/mol. The van der Waals surface area contributed by atoms with Crippen molar-refractivity contribution in [2.45, 2.75) is 0 Å². The van der Waals surface area contributed by atoms with Crippen LogP contribution in [0.1, 0.15) is 10.4 Å². The molecule has 1 heterocycles. The van der Waals surface area contributed by atoms with Crippen LogP contribution in [0.4, 0.5) is 5.69 Å². The number of furan rings is 1. The Morgan fingerprint density at radius 3 is 2.38 bits per heavy atom. The van der Waals surface area contributed by atoms with Crippen LogP contribution in [0.15, 0.2) is 65.1 Å². The van der Waals surface area contributed by atoms with Gasteiger partial charge in [0.1, 0.15) is 22.7 Å². The first-order valence-corrected chi connectivity index (χ1v) is 8.14. The molecule has 0 unspecified atom stereocenters. The SMILES string of the molecule is COc1ccc(C(=O)Nc2cc3oc4ccccc4c3cc2OC)cc1. The number of hydrogen-bond donors (Lipinski definition) is 1. The minimum Gasteiger partial charge on any atom is -0.497 e. The predicted octanol–water partition coefficient (Wildman–Crippen LogP) is 4.86. The molecule has 0 radical (unpaired) electrons. The molecule has 1 amide bonds. The standard InChI is InChI=1S/C21H17NO4/c1-24-14-9-7-13(8-10-14)21(23)22-17-12-19-16(11-20(17)25-2)15-5-3-4-6-18(15)26-19/h3-12H,1-2H3,(H,22,23). The van der Waals surface area contributed by atoms with Crippen LogP contribution in [-0.2, 0) is 0 Å². The van der Waals surface area contributed by atoms with E-state index in [0.29, 0.717) is 28.3 Å². The van der Waals surface area contributed by atoms with E-state index in [4.69, 9.17) is 13.9 Å². The highest BCUT2D eigenvalue weighted by molar-refractivity contribution is 6.10. The van der Waals surface area contributed by atoms with Crippen molar-refractivity contribution in [2.75, 3.05) is 19.5 Å². The molecule has 1 N–H and O–H groups in total. The molecule has 5 nitrogen and oxygen atoms in total. The molecule has 130 valence electrons. The molecule has 0 saturated heterocycles. The Morgan fingerprint density at radius 2 is 1.65 bits per heavy atom. The maximum atomic E-state index is 12.6. The largest absolute Gasteiger partial charge is 0.497 e. The van der Waals surface area contributed by atoms with Gasteiger partial charge < -0.3 is 19.2 Å². The Balaban J connectivity index is 1.72. The minimum atomic E-state index is -0.235. The molecule has 4 rings (SSSR count). The third-order valence-electron chi connectivity index (χ3n) is 4.30. The molecule has 3 aromatic carbocycles. The summed E-state index contributed by atoms with van der Waals surface area (Å²) in [4.78, 5) is 12.6. The Labute approximate surface area is 150 Å². The van der Waals surface area contributed by atoms with Crippen LogP contribution >= 0.6 is 0 Å². The lowest BCUT2D eigenvalue weighted by molar-refractivity contribution is 0.102. The van der Waals surface area contributed by atoms with E-state index in [1.54, 1.807) is 44.6 Å². The molecule has 0 aliphatic heterocycles. The topological polar surface area (TPSA) is 60.7 Å². The van der Waals surface area contributed by atoms with Crippen molar-refractivity contribution >= 4 is 33.5 Å². The van der Waals surface area contributed by atoms with Crippen LogP contribution in [0.3, 0.4) is 0 Å². The van der Waals surface area contributed by atoms with Gasteiger partial charge in [-0.25, -0.2) is 0 Å². The van der Waals surface area contributed by atoms with E-state index >= 15 is 0 Å². The summed E-state index contributed by atoms with van der Waals surface area (Å²) in [6, 6.07) is 18.4. The second-order valence-corrected chi connectivity index (χ2v) is 5.83. The van der Waals surface area contributed by atoms with Gasteiger partial charge in [-0.05, 0) is 36.4 Å². The van der Waals surface area contributed by atoms with Gasteiger partial charge in [0.2, 0.25) is 0 Å².